The van der Waals surface area contributed by atoms with Gasteiger partial charge in [0.2, 0.25) is 30.1 Å². The Morgan fingerprint density at radius 1 is 0.781 bits per heavy atom. The molecule has 0 atom stereocenters. The number of rotatable bonds is 7. The van der Waals surface area contributed by atoms with Crippen LogP contribution in [0.1, 0.15) is 87.5 Å². The number of alkyl halides is 1. The standard InChI is InChI=1S/C8H17NO2S.C7H16ClNO2S.C4H9NO2S/c1-7(2,3)9-12(10,11)8(4)5-6-8;1-7(2,3)9-12(10,11)6-4-5-8;1-4(2-3-4)8(5,6)7/h9H,5-6H2,1-4H3;9H,4-6H2,1-3H3;2-3H2,1H3,(H2,5,6,7). The SMILES string of the molecule is CC(C)(C)NS(=O)(=O)C1(C)CC1.CC(C)(C)NS(=O)(=O)CCCCl.CC1(S(N)(=O)=O)CC1. The second kappa shape index (κ2) is 10.7. The minimum absolute atomic E-state index is 0.105. The van der Waals surface area contributed by atoms with Crippen molar-refractivity contribution < 1.29 is 25.3 Å². The van der Waals surface area contributed by atoms with Crippen LogP contribution in [0.2, 0.25) is 0 Å². The quantitative estimate of drug-likeness (QED) is 0.422. The van der Waals surface area contributed by atoms with E-state index in [2.05, 4.69) is 9.44 Å². The van der Waals surface area contributed by atoms with Gasteiger partial charge in [0.05, 0.1) is 15.2 Å². The first-order valence-corrected chi connectivity index (χ1v) is 15.7. The topological polar surface area (TPSA) is 152 Å². The van der Waals surface area contributed by atoms with Gasteiger partial charge in [-0.1, -0.05) is 0 Å². The van der Waals surface area contributed by atoms with Gasteiger partial charge in [-0.2, -0.15) is 0 Å². The van der Waals surface area contributed by atoms with Gasteiger partial charge in [-0.25, -0.2) is 39.8 Å². The van der Waals surface area contributed by atoms with E-state index in [-0.39, 0.29) is 11.3 Å². The minimum atomic E-state index is -3.23. The second-order valence-corrected chi connectivity index (χ2v) is 17.5. The van der Waals surface area contributed by atoms with Crippen molar-refractivity contribution in [3.8, 4) is 0 Å². The van der Waals surface area contributed by atoms with E-state index in [0.717, 1.165) is 25.7 Å². The van der Waals surface area contributed by atoms with Crippen LogP contribution in [0.4, 0.5) is 0 Å². The highest BCUT2D eigenvalue weighted by atomic mass is 35.5. The lowest BCUT2D eigenvalue weighted by atomic mass is 10.1. The Labute approximate surface area is 200 Å². The molecule has 2 aliphatic rings. The van der Waals surface area contributed by atoms with E-state index in [0.29, 0.717) is 12.3 Å². The Balaban J connectivity index is 0.000000460. The van der Waals surface area contributed by atoms with Gasteiger partial charge >= 0.3 is 0 Å². The van der Waals surface area contributed by atoms with Crippen LogP contribution in [0.5, 0.6) is 0 Å². The number of sulfonamides is 3. The molecule has 0 unspecified atom stereocenters. The molecule has 0 aromatic carbocycles. The Morgan fingerprint density at radius 2 is 1.16 bits per heavy atom. The van der Waals surface area contributed by atoms with Gasteiger partial charge in [-0.3, -0.25) is 0 Å². The zero-order valence-corrected chi connectivity index (χ0v) is 23.8. The second-order valence-electron chi connectivity index (χ2n) is 11.0. The molecule has 0 amide bonds. The lowest BCUT2D eigenvalue weighted by Gasteiger charge is -2.23. The molecule has 0 heterocycles. The Bertz CT molecular complexity index is 926. The molecule has 2 aliphatic carbocycles. The summed E-state index contributed by atoms with van der Waals surface area (Å²) >= 11 is 5.39. The molecule has 4 N–H and O–H groups in total. The molecular formula is C19H42ClN3O6S3. The molecule has 2 saturated carbocycles. The third kappa shape index (κ3) is 12.5. The molecule has 2 rings (SSSR count). The van der Waals surface area contributed by atoms with Crippen molar-refractivity contribution in [1.29, 1.82) is 0 Å². The summed E-state index contributed by atoms with van der Waals surface area (Å²) in [6, 6.07) is 0. The summed E-state index contributed by atoms with van der Waals surface area (Å²) in [6.07, 6.45) is 3.53. The maximum Gasteiger partial charge on any atom is 0.217 e. The fraction of sp³-hybridized carbons (Fsp3) is 1.00. The number of halogens is 1. The van der Waals surface area contributed by atoms with Crippen molar-refractivity contribution >= 4 is 41.7 Å². The Hall–Kier alpha value is 0.0200. The highest BCUT2D eigenvalue weighted by Gasteiger charge is 2.51. The van der Waals surface area contributed by atoms with Crippen molar-refractivity contribution in [2.24, 2.45) is 5.14 Å². The van der Waals surface area contributed by atoms with Crippen LogP contribution in [-0.4, -0.2) is 57.5 Å². The molecule has 194 valence electrons. The van der Waals surface area contributed by atoms with Crippen molar-refractivity contribution in [2.75, 3.05) is 11.6 Å². The molecule has 0 aromatic rings. The summed E-state index contributed by atoms with van der Waals surface area (Å²) in [5.41, 5.74) is -0.754. The lowest BCUT2D eigenvalue weighted by molar-refractivity contribution is 0.483. The number of nitrogens with one attached hydrogen (secondary N) is 2. The van der Waals surface area contributed by atoms with Gasteiger partial charge in [0.25, 0.3) is 0 Å². The van der Waals surface area contributed by atoms with Crippen molar-refractivity contribution in [3.05, 3.63) is 0 Å². The number of primary sulfonamides is 1. The zero-order valence-electron chi connectivity index (χ0n) is 20.6. The number of hydrogen-bond donors (Lipinski definition) is 3. The summed E-state index contributed by atoms with van der Waals surface area (Å²) in [6.45, 7) is 14.5. The van der Waals surface area contributed by atoms with Crippen molar-refractivity contribution in [2.45, 2.75) is 108 Å². The third-order valence-electron chi connectivity index (χ3n) is 4.69. The first-order chi connectivity index (χ1) is 13.9. The zero-order chi connectivity index (χ0) is 25.9. The molecule has 13 heteroatoms. The summed E-state index contributed by atoms with van der Waals surface area (Å²) in [5, 5.41) is 4.85. The van der Waals surface area contributed by atoms with E-state index in [1.807, 2.05) is 41.5 Å². The van der Waals surface area contributed by atoms with Gasteiger partial charge in [0.15, 0.2) is 0 Å². The summed E-state index contributed by atoms with van der Waals surface area (Å²) in [4.78, 5) is 0. The Morgan fingerprint density at radius 3 is 1.38 bits per heavy atom. The fourth-order valence-corrected chi connectivity index (χ4v) is 6.41. The average molecular weight is 540 g/mol. The van der Waals surface area contributed by atoms with Crippen LogP contribution >= 0.6 is 11.6 Å². The van der Waals surface area contributed by atoms with E-state index in [1.165, 1.54) is 0 Å². The van der Waals surface area contributed by atoms with Crippen molar-refractivity contribution in [1.82, 2.24) is 9.44 Å². The van der Waals surface area contributed by atoms with Crippen LogP contribution in [0.25, 0.3) is 0 Å². The monoisotopic (exact) mass is 539 g/mol. The van der Waals surface area contributed by atoms with Crippen LogP contribution in [0.3, 0.4) is 0 Å². The minimum Gasteiger partial charge on any atom is -0.228 e. The summed E-state index contributed by atoms with van der Waals surface area (Å²) in [5.74, 6) is 0.485. The normalized spacial score (nSPS) is 19.7. The molecule has 0 radical (unpaired) electrons. The highest BCUT2D eigenvalue weighted by molar-refractivity contribution is 7.91. The van der Waals surface area contributed by atoms with Gasteiger partial charge in [0.1, 0.15) is 0 Å². The first kappa shape index (κ1) is 32.0. The third-order valence-corrected chi connectivity index (χ3v) is 11.1. The average Bonchev–Trinajstić information content (AvgIpc) is 3.40. The van der Waals surface area contributed by atoms with Gasteiger partial charge in [0, 0.05) is 17.0 Å². The predicted molar refractivity (Wildman–Crippen MR) is 132 cm³/mol. The molecular weight excluding hydrogens is 498 g/mol. The molecule has 32 heavy (non-hydrogen) atoms. The van der Waals surface area contributed by atoms with Gasteiger partial charge in [-0.05, 0) is 87.5 Å². The molecule has 9 nitrogen and oxygen atoms in total. The van der Waals surface area contributed by atoms with Crippen LogP contribution in [-0.2, 0) is 30.1 Å². The maximum atomic E-state index is 11.6. The largest absolute Gasteiger partial charge is 0.228 e. The first-order valence-electron chi connectivity index (χ1n) is 10.5. The Kier molecular flexibility index (Phi) is 10.7. The summed E-state index contributed by atoms with van der Waals surface area (Å²) < 4.78 is 70.9. The van der Waals surface area contributed by atoms with E-state index in [1.54, 1.807) is 13.8 Å². The molecule has 0 spiro atoms. The summed E-state index contributed by atoms with van der Waals surface area (Å²) in [7, 11) is -9.46. The highest BCUT2D eigenvalue weighted by Crippen LogP contribution is 2.42. The number of hydrogen-bond acceptors (Lipinski definition) is 6. The van der Waals surface area contributed by atoms with E-state index >= 15 is 0 Å². The predicted octanol–water partition coefficient (Wildman–Crippen LogP) is 2.42. The van der Waals surface area contributed by atoms with Crippen molar-refractivity contribution in [3.63, 3.8) is 0 Å². The molecule has 0 aliphatic heterocycles. The molecule has 2 fully saturated rings. The molecule has 0 saturated heterocycles. The lowest BCUT2D eigenvalue weighted by Crippen LogP contribution is -2.45. The van der Waals surface area contributed by atoms with E-state index in [4.69, 9.17) is 16.7 Å². The van der Waals surface area contributed by atoms with Crippen LogP contribution in [0, 0.1) is 0 Å². The molecule has 0 aromatic heterocycles. The van der Waals surface area contributed by atoms with Gasteiger partial charge in [-0.15, -0.1) is 11.6 Å². The van der Waals surface area contributed by atoms with Crippen LogP contribution in [0.15, 0.2) is 0 Å². The fourth-order valence-electron chi connectivity index (χ4n) is 2.19. The maximum absolute atomic E-state index is 11.6. The molecule has 0 bridgehead atoms. The number of nitrogens with two attached hydrogens (primary N) is 1. The van der Waals surface area contributed by atoms with E-state index < -0.39 is 45.1 Å². The van der Waals surface area contributed by atoms with E-state index in [9.17, 15) is 25.3 Å². The van der Waals surface area contributed by atoms with Gasteiger partial charge < -0.3 is 0 Å². The van der Waals surface area contributed by atoms with Crippen LogP contribution < -0.4 is 14.6 Å². The smallest absolute Gasteiger partial charge is 0.217 e.